The van der Waals surface area contributed by atoms with Crippen LogP contribution in [0.2, 0.25) is 0 Å². The van der Waals surface area contributed by atoms with Crippen molar-refractivity contribution in [3.8, 4) is 0 Å². The molecule has 1 heteroatoms. The molecule has 1 fully saturated rings. The van der Waals surface area contributed by atoms with E-state index in [1.165, 1.54) is 70.6 Å². The number of hydrogen-bond acceptors (Lipinski definition) is 0. The van der Waals surface area contributed by atoms with E-state index in [0.717, 1.165) is 10.7 Å². The lowest BCUT2D eigenvalue weighted by Gasteiger charge is -2.15. The van der Waals surface area contributed by atoms with Crippen molar-refractivity contribution in [1.29, 1.82) is 0 Å². The molecule has 0 aromatic heterocycles. The van der Waals surface area contributed by atoms with Crippen LogP contribution in [0, 0.1) is 5.92 Å². The van der Waals surface area contributed by atoms with Crippen LogP contribution >= 0.6 is 15.9 Å². The molecule has 0 aromatic rings. The molecule has 1 saturated carbocycles. The molecule has 0 heterocycles. The lowest BCUT2D eigenvalue weighted by Crippen LogP contribution is -2.05. The third-order valence-electron chi connectivity index (χ3n) is 3.68. The summed E-state index contributed by atoms with van der Waals surface area (Å²) in [5.41, 5.74) is 0. The third kappa shape index (κ3) is 6.60. The highest BCUT2D eigenvalue weighted by molar-refractivity contribution is 9.09. The fourth-order valence-corrected chi connectivity index (χ4v) is 3.55. The van der Waals surface area contributed by atoms with Gasteiger partial charge in [0, 0.05) is 4.83 Å². The quantitative estimate of drug-likeness (QED) is 0.332. The maximum atomic E-state index is 3.81. The average Bonchev–Trinajstić information content (AvgIpc) is 2.43. The Labute approximate surface area is 104 Å². The SMILES string of the molecule is CCCCCCCC1CCCCC(Br)C1. The fourth-order valence-electron chi connectivity index (χ4n) is 2.69. The Morgan fingerprint density at radius 3 is 2.53 bits per heavy atom. The van der Waals surface area contributed by atoms with Crippen LogP contribution in [0.15, 0.2) is 0 Å². The van der Waals surface area contributed by atoms with E-state index in [2.05, 4.69) is 22.9 Å². The predicted molar refractivity (Wildman–Crippen MR) is 72.7 cm³/mol. The van der Waals surface area contributed by atoms with E-state index < -0.39 is 0 Å². The topological polar surface area (TPSA) is 0 Å². The maximum absolute atomic E-state index is 3.81. The number of hydrogen-bond donors (Lipinski definition) is 0. The summed E-state index contributed by atoms with van der Waals surface area (Å²) in [5.74, 6) is 1.03. The van der Waals surface area contributed by atoms with Crippen LogP contribution in [-0.4, -0.2) is 4.83 Å². The highest BCUT2D eigenvalue weighted by Crippen LogP contribution is 2.30. The van der Waals surface area contributed by atoms with Gasteiger partial charge in [-0.05, 0) is 18.8 Å². The minimum atomic E-state index is 0.820. The largest absolute Gasteiger partial charge is 0.0891 e. The van der Waals surface area contributed by atoms with Crippen LogP contribution < -0.4 is 0 Å². The molecule has 15 heavy (non-hydrogen) atoms. The molecule has 0 saturated heterocycles. The summed E-state index contributed by atoms with van der Waals surface area (Å²) >= 11 is 3.81. The molecule has 1 rings (SSSR count). The van der Waals surface area contributed by atoms with E-state index in [-0.39, 0.29) is 0 Å². The van der Waals surface area contributed by atoms with Crippen molar-refractivity contribution in [2.45, 2.75) is 82.4 Å². The van der Waals surface area contributed by atoms with E-state index in [1.807, 2.05) is 0 Å². The Morgan fingerprint density at radius 1 is 1.00 bits per heavy atom. The molecule has 2 atom stereocenters. The standard InChI is InChI=1S/C14H27Br/c1-2-3-4-5-6-9-13-10-7-8-11-14(15)12-13/h13-14H,2-12H2,1H3. The molecule has 0 spiro atoms. The van der Waals surface area contributed by atoms with E-state index >= 15 is 0 Å². The van der Waals surface area contributed by atoms with E-state index in [0.29, 0.717) is 0 Å². The van der Waals surface area contributed by atoms with Crippen molar-refractivity contribution >= 4 is 15.9 Å². The Hall–Kier alpha value is 0.480. The lowest BCUT2D eigenvalue weighted by molar-refractivity contribution is 0.409. The van der Waals surface area contributed by atoms with Gasteiger partial charge in [-0.2, -0.15) is 0 Å². The van der Waals surface area contributed by atoms with Gasteiger partial charge in [0.1, 0.15) is 0 Å². The van der Waals surface area contributed by atoms with E-state index in [1.54, 1.807) is 0 Å². The molecular weight excluding hydrogens is 248 g/mol. The molecule has 2 unspecified atom stereocenters. The van der Waals surface area contributed by atoms with Crippen molar-refractivity contribution in [2.75, 3.05) is 0 Å². The fraction of sp³-hybridized carbons (Fsp3) is 1.00. The maximum Gasteiger partial charge on any atom is 0.0148 e. The molecule has 0 aliphatic heterocycles. The van der Waals surface area contributed by atoms with Crippen molar-refractivity contribution in [3.63, 3.8) is 0 Å². The Morgan fingerprint density at radius 2 is 1.73 bits per heavy atom. The Kier molecular flexibility index (Phi) is 7.78. The van der Waals surface area contributed by atoms with Crippen LogP contribution in [0.4, 0.5) is 0 Å². The first-order valence-corrected chi connectivity index (χ1v) is 7.88. The third-order valence-corrected chi connectivity index (χ3v) is 4.52. The lowest BCUT2D eigenvalue weighted by atomic mass is 9.93. The molecule has 0 N–H and O–H groups in total. The highest BCUT2D eigenvalue weighted by Gasteiger charge is 2.17. The first-order chi connectivity index (χ1) is 7.33. The van der Waals surface area contributed by atoms with Crippen molar-refractivity contribution in [2.24, 2.45) is 5.92 Å². The van der Waals surface area contributed by atoms with Gasteiger partial charge in [0.2, 0.25) is 0 Å². The summed E-state index contributed by atoms with van der Waals surface area (Å²) in [5, 5.41) is 0. The van der Waals surface area contributed by atoms with Gasteiger partial charge in [0.15, 0.2) is 0 Å². The minimum absolute atomic E-state index is 0.820. The van der Waals surface area contributed by atoms with Crippen LogP contribution in [0.3, 0.4) is 0 Å². The summed E-state index contributed by atoms with van der Waals surface area (Å²) in [6, 6.07) is 0. The van der Waals surface area contributed by atoms with Crippen molar-refractivity contribution < 1.29 is 0 Å². The molecule has 0 aromatic carbocycles. The Bertz CT molecular complexity index is 144. The zero-order valence-electron chi connectivity index (χ0n) is 10.3. The number of unbranched alkanes of at least 4 members (excludes halogenated alkanes) is 4. The number of halogens is 1. The summed E-state index contributed by atoms with van der Waals surface area (Å²) < 4.78 is 0. The molecule has 0 nitrogen and oxygen atoms in total. The van der Waals surface area contributed by atoms with Crippen LogP contribution in [0.5, 0.6) is 0 Å². The number of rotatable bonds is 6. The monoisotopic (exact) mass is 274 g/mol. The normalized spacial score (nSPS) is 27.6. The molecule has 90 valence electrons. The smallest absolute Gasteiger partial charge is 0.0148 e. The molecule has 1 aliphatic carbocycles. The van der Waals surface area contributed by atoms with Crippen molar-refractivity contribution in [3.05, 3.63) is 0 Å². The van der Waals surface area contributed by atoms with Crippen molar-refractivity contribution in [1.82, 2.24) is 0 Å². The number of alkyl halides is 1. The van der Waals surface area contributed by atoms with Gasteiger partial charge < -0.3 is 0 Å². The summed E-state index contributed by atoms with van der Waals surface area (Å²) in [6.45, 7) is 2.29. The van der Waals surface area contributed by atoms with Crippen LogP contribution in [0.1, 0.15) is 77.6 Å². The van der Waals surface area contributed by atoms with Gasteiger partial charge in [0.05, 0.1) is 0 Å². The van der Waals surface area contributed by atoms with Gasteiger partial charge in [-0.15, -0.1) is 0 Å². The molecule has 0 amide bonds. The van der Waals surface area contributed by atoms with Gasteiger partial charge in [0.25, 0.3) is 0 Å². The van der Waals surface area contributed by atoms with Crippen LogP contribution in [-0.2, 0) is 0 Å². The molecular formula is C14H27Br. The van der Waals surface area contributed by atoms with Gasteiger partial charge in [-0.3, -0.25) is 0 Å². The zero-order chi connectivity index (χ0) is 10.9. The summed E-state index contributed by atoms with van der Waals surface area (Å²) in [6.07, 6.45) is 16.0. The second-order valence-electron chi connectivity index (χ2n) is 5.19. The zero-order valence-corrected chi connectivity index (χ0v) is 11.9. The van der Waals surface area contributed by atoms with E-state index in [4.69, 9.17) is 0 Å². The van der Waals surface area contributed by atoms with E-state index in [9.17, 15) is 0 Å². The second kappa shape index (κ2) is 8.61. The van der Waals surface area contributed by atoms with Crippen LogP contribution in [0.25, 0.3) is 0 Å². The second-order valence-corrected chi connectivity index (χ2v) is 6.48. The first-order valence-electron chi connectivity index (χ1n) is 6.97. The highest BCUT2D eigenvalue weighted by atomic mass is 79.9. The summed E-state index contributed by atoms with van der Waals surface area (Å²) in [4.78, 5) is 0.820. The summed E-state index contributed by atoms with van der Waals surface area (Å²) in [7, 11) is 0. The van der Waals surface area contributed by atoms with Gasteiger partial charge in [-0.1, -0.05) is 80.6 Å². The molecule has 0 radical (unpaired) electrons. The molecule has 1 aliphatic rings. The predicted octanol–water partition coefficient (Wildman–Crippen LogP) is 5.69. The Balaban J connectivity index is 2.03. The minimum Gasteiger partial charge on any atom is -0.0891 e. The van der Waals surface area contributed by atoms with Gasteiger partial charge >= 0.3 is 0 Å². The van der Waals surface area contributed by atoms with Gasteiger partial charge in [-0.25, -0.2) is 0 Å². The average molecular weight is 275 g/mol. The first kappa shape index (κ1) is 13.5. The molecule has 0 bridgehead atoms.